The molecule has 1 spiro atoms. The zero-order chi connectivity index (χ0) is 30.0. The van der Waals surface area contributed by atoms with Gasteiger partial charge in [-0.3, -0.25) is 25.2 Å². The standard InChI is InChI=1S/C28H33FN8O5/c1-26(2)10-11-42-20-15(7-5-8-16(20)26)23(39)34-19-13-37-25(31)33-18(12-32-22(38)14-6-3-4-9-17(14)29)21-27(37,28(19,40)41)36-24(30)35-21/h3-9,18-19,21,40-41H,10-13H2,1-2H3,(H2,31,33)(H,32,38)(H,34,39)(H3,30,35,36)/p+1/t18-,19?,21-,27?/m0/s1. The van der Waals surface area contributed by atoms with Crippen LogP contribution in [0.2, 0.25) is 0 Å². The Balaban J connectivity index is 1.27. The van der Waals surface area contributed by atoms with Crippen LogP contribution in [0.5, 0.6) is 5.75 Å². The fourth-order valence-electron chi connectivity index (χ4n) is 6.46. The molecule has 4 atom stereocenters. The molecule has 4 aliphatic heterocycles. The Kier molecular flexibility index (Phi) is 6.31. The summed E-state index contributed by atoms with van der Waals surface area (Å²) in [6.07, 6.45) is 0.792. The molecule has 2 unspecified atom stereocenters. The van der Waals surface area contributed by atoms with Gasteiger partial charge in [-0.05, 0) is 30.0 Å². The average molecular weight is 582 g/mol. The fraction of sp³-hybridized carbons (Fsp3) is 0.429. The number of fused-ring (bicyclic) bond motifs is 1. The third-order valence-corrected chi connectivity index (χ3v) is 8.74. The maximum absolute atomic E-state index is 14.1. The summed E-state index contributed by atoms with van der Waals surface area (Å²) >= 11 is 0. The molecule has 2 aromatic rings. The number of amides is 2. The molecule has 14 heteroatoms. The molecule has 2 aromatic carbocycles. The fourth-order valence-corrected chi connectivity index (χ4v) is 6.46. The first-order valence-electron chi connectivity index (χ1n) is 13.7. The van der Waals surface area contributed by atoms with E-state index in [4.69, 9.17) is 16.2 Å². The lowest BCUT2D eigenvalue weighted by Gasteiger charge is -2.46. The summed E-state index contributed by atoms with van der Waals surface area (Å²) in [5.74, 6) is -4.13. The zero-order valence-electron chi connectivity index (χ0n) is 23.1. The first-order chi connectivity index (χ1) is 19.9. The third kappa shape index (κ3) is 4.04. The molecule has 10 N–H and O–H groups in total. The van der Waals surface area contributed by atoms with E-state index in [1.165, 1.54) is 29.2 Å². The molecule has 1 saturated heterocycles. The van der Waals surface area contributed by atoms with Crippen LogP contribution in [0.4, 0.5) is 4.39 Å². The highest BCUT2D eigenvalue weighted by Crippen LogP contribution is 2.43. The van der Waals surface area contributed by atoms with Crippen molar-refractivity contribution in [3.05, 3.63) is 65.0 Å². The van der Waals surface area contributed by atoms with E-state index in [0.717, 1.165) is 12.0 Å². The Morgan fingerprint density at radius 1 is 1.17 bits per heavy atom. The summed E-state index contributed by atoms with van der Waals surface area (Å²) in [5.41, 5.74) is 11.5. The van der Waals surface area contributed by atoms with Gasteiger partial charge in [0.2, 0.25) is 5.79 Å². The Bertz CT molecular complexity index is 1530. The number of carbonyl (C=O) groups is 2. The van der Waals surface area contributed by atoms with E-state index in [-0.39, 0.29) is 41.6 Å². The number of ether oxygens (including phenoxy) is 1. The number of halogens is 1. The lowest BCUT2D eigenvalue weighted by Crippen LogP contribution is -2.90. The minimum Gasteiger partial charge on any atom is -0.492 e. The number of benzene rings is 2. The number of aliphatic hydroxyl groups is 2. The van der Waals surface area contributed by atoms with Crippen LogP contribution in [0.3, 0.4) is 0 Å². The highest BCUT2D eigenvalue weighted by atomic mass is 19.1. The molecule has 42 heavy (non-hydrogen) atoms. The SMILES string of the molecule is CC1(C)CCOc2c(C(=O)NC3CN4C(N)=N[C@@H](CNC(=O)c5ccccc5F)[C@@H]5[NH+]=C(N)NC54C3(O)O)cccc21. The van der Waals surface area contributed by atoms with Gasteiger partial charge in [-0.15, -0.1) is 0 Å². The highest BCUT2D eigenvalue weighted by molar-refractivity contribution is 5.98. The van der Waals surface area contributed by atoms with Crippen molar-refractivity contribution in [2.45, 2.75) is 55.3 Å². The lowest BCUT2D eigenvalue weighted by atomic mass is 9.79. The van der Waals surface area contributed by atoms with Crippen molar-refractivity contribution in [2.75, 3.05) is 19.7 Å². The number of hydrogen-bond acceptors (Lipinski definition) is 10. The topological polar surface area (TPSA) is 202 Å². The van der Waals surface area contributed by atoms with Crippen molar-refractivity contribution in [2.24, 2.45) is 16.5 Å². The van der Waals surface area contributed by atoms with Gasteiger partial charge in [-0.1, -0.05) is 38.1 Å². The molecular weight excluding hydrogens is 547 g/mol. The monoisotopic (exact) mass is 581 g/mol. The Hall–Kier alpha value is -4.43. The predicted octanol–water partition coefficient (Wildman–Crippen LogP) is -2.83. The number of carbonyl (C=O) groups excluding carboxylic acids is 2. The van der Waals surface area contributed by atoms with E-state index in [9.17, 15) is 24.2 Å². The molecule has 222 valence electrons. The predicted molar refractivity (Wildman–Crippen MR) is 149 cm³/mol. The first-order valence-corrected chi connectivity index (χ1v) is 13.7. The molecule has 4 aliphatic rings. The number of guanidine groups is 2. The maximum Gasteiger partial charge on any atom is 0.343 e. The van der Waals surface area contributed by atoms with E-state index in [1.54, 1.807) is 12.1 Å². The Morgan fingerprint density at radius 3 is 2.67 bits per heavy atom. The summed E-state index contributed by atoms with van der Waals surface area (Å²) in [7, 11) is 0. The van der Waals surface area contributed by atoms with Crippen LogP contribution in [0, 0.1) is 5.82 Å². The smallest absolute Gasteiger partial charge is 0.343 e. The number of rotatable bonds is 5. The number of hydrogen-bond donors (Lipinski definition) is 8. The van der Waals surface area contributed by atoms with Gasteiger partial charge in [0.15, 0.2) is 12.0 Å². The quantitative estimate of drug-likeness (QED) is 0.171. The van der Waals surface area contributed by atoms with Gasteiger partial charge >= 0.3 is 5.96 Å². The molecule has 0 bridgehead atoms. The van der Waals surface area contributed by atoms with Crippen LogP contribution in [0.1, 0.15) is 46.5 Å². The average Bonchev–Trinajstić information content (AvgIpc) is 3.41. The summed E-state index contributed by atoms with van der Waals surface area (Å²) in [6.45, 7) is 4.35. The maximum atomic E-state index is 14.1. The van der Waals surface area contributed by atoms with E-state index >= 15 is 0 Å². The second kappa shape index (κ2) is 9.56. The minimum absolute atomic E-state index is 0.0209. The number of aliphatic imine (C=N–C) groups is 1. The normalized spacial score (nSPS) is 28.2. The molecule has 0 aromatic heterocycles. The molecular formula is C28H34FN8O5+. The van der Waals surface area contributed by atoms with Gasteiger partial charge in [0.1, 0.15) is 23.7 Å². The van der Waals surface area contributed by atoms with Crippen molar-refractivity contribution >= 4 is 23.7 Å². The number of nitrogens with two attached hydrogens (primary N) is 2. The molecule has 1 fully saturated rings. The number of nitrogens with one attached hydrogen (secondary N) is 4. The van der Waals surface area contributed by atoms with E-state index in [1.807, 2.05) is 6.07 Å². The van der Waals surface area contributed by atoms with Crippen LogP contribution in [0.25, 0.3) is 0 Å². The van der Waals surface area contributed by atoms with Gasteiger partial charge in [0, 0.05) is 12.1 Å². The largest absolute Gasteiger partial charge is 0.492 e. The van der Waals surface area contributed by atoms with E-state index in [2.05, 4.69) is 39.8 Å². The number of para-hydroxylation sites is 1. The van der Waals surface area contributed by atoms with Crippen molar-refractivity contribution in [3.8, 4) is 5.75 Å². The second-order valence-electron chi connectivity index (χ2n) is 11.7. The van der Waals surface area contributed by atoms with Crippen LogP contribution in [-0.2, 0) is 5.41 Å². The van der Waals surface area contributed by atoms with Gasteiger partial charge in [0.05, 0.1) is 24.3 Å². The lowest BCUT2D eigenvalue weighted by molar-refractivity contribution is -0.521. The van der Waals surface area contributed by atoms with Crippen molar-refractivity contribution < 1.29 is 33.9 Å². The van der Waals surface area contributed by atoms with Gasteiger partial charge in [-0.2, -0.15) is 0 Å². The summed E-state index contributed by atoms with van der Waals surface area (Å²) < 4.78 is 20.0. The van der Waals surface area contributed by atoms with Crippen LogP contribution in [-0.4, -0.2) is 88.1 Å². The summed E-state index contributed by atoms with van der Waals surface area (Å²) in [6, 6.07) is 7.83. The van der Waals surface area contributed by atoms with Gasteiger partial charge < -0.3 is 31.3 Å². The second-order valence-corrected chi connectivity index (χ2v) is 11.7. The molecule has 0 radical (unpaired) electrons. The zero-order valence-corrected chi connectivity index (χ0v) is 23.1. The summed E-state index contributed by atoms with van der Waals surface area (Å²) in [5, 5.41) is 31.7. The van der Waals surface area contributed by atoms with E-state index < -0.39 is 47.2 Å². The van der Waals surface area contributed by atoms with E-state index in [0.29, 0.717) is 12.4 Å². The minimum atomic E-state index is -2.63. The summed E-state index contributed by atoms with van der Waals surface area (Å²) in [4.78, 5) is 35.2. The molecule has 2 amide bonds. The third-order valence-electron chi connectivity index (χ3n) is 8.74. The molecule has 13 nitrogen and oxygen atoms in total. The molecule has 0 aliphatic carbocycles. The Morgan fingerprint density at radius 2 is 1.90 bits per heavy atom. The first kappa shape index (κ1) is 27.7. The molecule has 4 heterocycles. The molecule has 6 rings (SSSR count). The van der Waals surface area contributed by atoms with Crippen LogP contribution < -0.4 is 37.1 Å². The van der Waals surface area contributed by atoms with Gasteiger partial charge in [-0.25, -0.2) is 14.7 Å². The highest BCUT2D eigenvalue weighted by Gasteiger charge is 2.76. The van der Waals surface area contributed by atoms with Crippen LogP contribution in [0.15, 0.2) is 47.5 Å². The molecule has 0 saturated carbocycles. The van der Waals surface area contributed by atoms with Crippen molar-refractivity contribution in [1.82, 2.24) is 20.9 Å². The van der Waals surface area contributed by atoms with Crippen molar-refractivity contribution in [3.63, 3.8) is 0 Å². The van der Waals surface area contributed by atoms with Gasteiger partial charge in [0.25, 0.3) is 17.5 Å². The number of nitrogens with zero attached hydrogens (tertiary/aromatic N) is 2. The Labute approximate surface area is 240 Å². The van der Waals surface area contributed by atoms with Crippen molar-refractivity contribution in [1.29, 1.82) is 0 Å². The van der Waals surface area contributed by atoms with Crippen LogP contribution >= 0.6 is 0 Å².